The van der Waals surface area contributed by atoms with Gasteiger partial charge in [0.1, 0.15) is 5.41 Å². The van der Waals surface area contributed by atoms with Crippen LogP contribution < -0.4 is 0 Å². The van der Waals surface area contributed by atoms with E-state index in [1.165, 1.54) is 7.11 Å². The highest BCUT2D eigenvalue weighted by Gasteiger charge is 2.59. The van der Waals surface area contributed by atoms with Crippen molar-refractivity contribution in [2.24, 2.45) is 5.41 Å². The number of amides is 1. The van der Waals surface area contributed by atoms with Gasteiger partial charge in [0.05, 0.1) is 26.4 Å². The largest absolute Gasteiger partial charge is 0.468 e. The first kappa shape index (κ1) is 11.4. The van der Waals surface area contributed by atoms with E-state index >= 15 is 0 Å². The van der Waals surface area contributed by atoms with Crippen LogP contribution in [0.3, 0.4) is 0 Å². The standard InChI is InChI=1S/C11H17NO4/c1-8-7-16-6-5-12(8)9(13)11(3-4-11)10(14)15-2/h8H,3-7H2,1-2H3/t8-/m0/s1. The maximum absolute atomic E-state index is 12.3. The molecule has 1 saturated heterocycles. The third-order valence-electron chi connectivity index (χ3n) is 3.36. The summed E-state index contributed by atoms with van der Waals surface area (Å²) in [5.74, 6) is -0.480. The lowest BCUT2D eigenvalue weighted by atomic mass is 10.0. The molecule has 1 aliphatic carbocycles. The number of carbonyl (C=O) groups is 2. The SMILES string of the molecule is COC(=O)C1(C(=O)N2CCOC[C@@H]2C)CC1. The number of methoxy groups -OCH3 is 1. The molecule has 16 heavy (non-hydrogen) atoms. The lowest BCUT2D eigenvalue weighted by Crippen LogP contribution is -2.51. The molecule has 0 radical (unpaired) electrons. The van der Waals surface area contributed by atoms with Gasteiger partial charge in [0.15, 0.2) is 0 Å². The van der Waals surface area contributed by atoms with E-state index in [2.05, 4.69) is 0 Å². The van der Waals surface area contributed by atoms with Gasteiger partial charge in [-0.15, -0.1) is 0 Å². The predicted molar refractivity (Wildman–Crippen MR) is 55.7 cm³/mol. The predicted octanol–water partition coefficient (Wildman–Crippen LogP) is 0.187. The Morgan fingerprint density at radius 3 is 2.62 bits per heavy atom. The van der Waals surface area contributed by atoms with Crippen LogP contribution in [-0.4, -0.2) is 49.7 Å². The summed E-state index contributed by atoms with van der Waals surface area (Å²) >= 11 is 0. The Bertz CT molecular complexity index is 311. The number of carbonyl (C=O) groups excluding carboxylic acids is 2. The molecular weight excluding hydrogens is 210 g/mol. The molecule has 90 valence electrons. The lowest BCUT2D eigenvalue weighted by Gasteiger charge is -2.35. The van der Waals surface area contributed by atoms with Crippen molar-refractivity contribution in [3.63, 3.8) is 0 Å². The second kappa shape index (κ2) is 4.05. The van der Waals surface area contributed by atoms with Gasteiger partial charge in [-0.25, -0.2) is 0 Å². The molecule has 0 aromatic heterocycles. The van der Waals surface area contributed by atoms with E-state index in [1.54, 1.807) is 4.90 Å². The summed E-state index contributed by atoms with van der Waals surface area (Å²) in [5, 5.41) is 0. The van der Waals surface area contributed by atoms with E-state index in [-0.39, 0.29) is 11.9 Å². The monoisotopic (exact) mass is 227 g/mol. The Kier molecular flexibility index (Phi) is 2.88. The van der Waals surface area contributed by atoms with E-state index in [1.807, 2.05) is 6.92 Å². The van der Waals surface area contributed by atoms with Gasteiger partial charge in [0.2, 0.25) is 5.91 Å². The van der Waals surface area contributed by atoms with Gasteiger partial charge in [-0.2, -0.15) is 0 Å². The highest BCUT2D eigenvalue weighted by atomic mass is 16.5. The summed E-state index contributed by atoms with van der Waals surface area (Å²) in [6.07, 6.45) is 1.23. The van der Waals surface area contributed by atoms with Crippen molar-refractivity contribution in [3.05, 3.63) is 0 Å². The minimum absolute atomic E-state index is 0.0448. The van der Waals surface area contributed by atoms with Crippen molar-refractivity contribution >= 4 is 11.9 Å². The average Bonchev–Trinajstić information content (AvgIpc) is 3.09. The number of ether oxygens (including phenoxy) is 2. The zero-order chi connectivity index (χ0) is 11.8. The third kappa shape index (κ3) is 1.69. The van der Waals surface area contributed by atoms with Crippen LogP contribution in [0, 0.1) is 5.41 Å². The molecular formula is C11H17NO4. The molecule has 1 saturated carbocycles. The summed E-state index contributed by atoms with van der Waals surface area (Å²) in [6.45, 7) is 3.60. The van der Waals surface area contributed by atoms with Crippen LogP contribution in [0.5, 0.6) is 0 Å². The van der Waals surface area contributed by atoms with Crippen molar-refractivity contribution in [1.82, 2.24) is 4.90 Å². The molecule has 0 aromatic rings. The third-order valence-corrected chi connectivity index (χ3v) is 3.36. The zero-order valence-electron chi connectivity index (χ0n) is 9.69. The lowest BCUT2D eigenvalue weighted by molar-refractivity contribution is -0.159. The Labute approximate surface area is 94.7 Å². The maximum atomic E-state index is 12.3. The molecule has 0 spiro atoms. The minimum Gasteiger partial charge on any atom is -0.468 e. The van der Waals surface area contributed by atoms with E-state index in [9.17, 15) is 9.59 Å². The van der Waals surface area contributed by atoms with Gasteiger partial charge in [-0.3, -0.25) is 9.59 Å². The van der Waals surface area contributed by atoms with E-state index in [4.69, 9.17) is 9.47 Å². The number of rotatable bonds is 2. The van der Waals surface area contributed by atoms with Crippen LogP contribution in [0.1, 0.15) is 19.8 Å². The Balaban J connectivity index is 2.09. The smallest absolute Gasteiger partial charge is 0.321 e. The van der Waals surface area contributed by atoms with Crippen LogP contribution in [0.4, 0.5) is 0 Å². The number of hydrogen-bond acceptors (Lipinski definition) is 4. The van der Waals surface area contributed by atoms with Gasteiger partial charge in [-0.05, 0) is 19.8 Å². The zero-order valence-corrected chi connectivity index (χ0v) is 9.69. The van der Waals surface area contributed by atoms with Gasteiger partial charge in [0, 0.05) is 6.54 Å². The fourth-order valence-corrected chi connectivity index (χ4v) is 2.13. The van der Waals surface area contributed by atoms with Crippen molar-refractivity contribution in [2.45, 2.75) is 25.8 Å². The maximum Gasteiger partial charge on any atom is 0.321 e. The highest BCUT2D eigenvalue weighted by Crippen LogP contribution is 2.48. The molecule has 5 heteroatoms. The summed E-state index contributed by atoms with van der Waals surface area (Å²) in [7, 11) is 1.33. The molecule has 1 heterocycles. The van der Waals surface area contributed by atoms with Crippen molar-refractivity contribution < 1.29 is 19.1 Å². The van der Waals surface area contributed by atoms with E-state index in [0.717, 1.165) is 0 Å². The van der Waals surface area contributed by atoms with Crippen molar-refractivity contribution in [1.29, 1.82) is 0 Å². The fourth-order valence-electron chi connectivity index (χ4n) is 2.13. The van der Waals surface area contributed by atoms with Crippen molar-refractivity contribution in [2.75, 3.05) is 26.9 Å². The molecule has 0 unspecified atom stereocenters. The first-order valence-electron chi connectivity index (χ1n) is 5.59. The normalized spacial score (nSPS) is 27.4. The molecule has 1 atom stereocenters. The van der Waals surface area contributed by atoms with E-state index in [0.29, 0.717) is 32.6 Å². The Morgan fingerprint density at radius 1 is 1.44 bits per heavy atom. The summed E-state index contributed by atoms with van der Waals surface area (Å²) in [5.41, 5.74) is -0.875. The van der Waals surface area contributed by atoms with Crippen LogP contribution in [-0.2, 0) is 19.1 Å². The molecule has 0 N–H and O–H groups in total. The van der Waals surface area contributed by atoms with Crippen LogP contribution in [0.2, 0.25) is 0 Å². The van der Waals surface area contributed by atoms with Crippen LogP contribution >= 0.6 is 0 Å². The summed E-state index contributed by atoms with van der Waals surface area (Å²) < 4.78 is 9.98. The quantitative estimate of drug-likeness (QED) is 0.499. The average molecular weight is 227 g/mol. The van der Waals surface area contributed by atoms with Gasteiger partial charge in [0.25, 0.3) is 0 Å². The molecule has 1 aliphatic heterocycles. The topological polar surface area (TPSA) is 55.8 Å². The van der Waals surface area contributed by atoms with Gasteiger partial charge < -0.3 is 14.4 Å². The summed E-state index contributed by atoms with van der Waals surface area (Å²) in [4.78, 5) is 25.6. The Morgan fingerprint density at radius 2 is 2.12 bits per heavy atom. The Hall–Kier alpha value is -1.10. The second-order valence-corrected chi connectivity index (χ2v) is 4.50. The summed E-state index contributed by atoms with van der Waals surface area (Å²) in [6, 6.07) is 0.0448. The molecule has 1 amide bonds. The number of morpholine rings is 1. The van der Waals surface area contributed by atoms with Crippen molar-refractivity contribution in [3.8, 4) is 0 Å². The van der Waals surface area contributed by atoms with Crippen LogP contribution in [0.25, 0.3) is 0 Å². The first-order valence-corrected chi connectivity index (χ1v) is 5.59. The fraction of sp³-hybridized carbons (Fsp3) is 0.818. The van der Waals surface area contributed by atoms with Gasteiger partial charge in [-0.1, -0.05) is 0 Å². The minimum atomic E-state index is -0.875. The van der Waals surface area contributed by atoms with E-state index < -0.39 is 11.4 Å². The molecule has 0 aromatic carbocycles. The van der Waals surface area contributed by atoms with Crippen LogP contribution in [0.15, 0.2) is 0 Å². The molecule has 2 aliphatic rings. The van der Waals surface area contributed by atoms with Gasteiger partial charge >= 0.3 is 5.97 Å². The molecule has 5 nitrogen and oxygen atoms in total. The number of hydrogen-bond donors (Lipinski definition) is 0. The first-order chi connectivity index (χ1) is 7.62. The number of esters is 1. The molecule has 0 bridgehead atoms. The second-order valence-electron chi connectivity index (χ2n) is 4.50. The highest BCUT2D eigenvalue weighted by molar-refractivity contribution is 6.05. The molecule has 2 rings (SSSR count). The molecule has 2 fully saturated rings. The number of nitrogens with zero attached hydrogens (tertiary/aromatic N) is 1.